The van der Waals surface area contributed by atoms with Gasteiger partial charge in [-0.1, -0.05) is 73.2 Å². The minimum absolute atomic E-state index is 0.0243. The molecule has 1 aliphatic rings. The average Bonchev–Trinajstić information content (AvgIpc) is 2.83. The highest BCUT2D eigenvalue weighted by molar-refractivity contribution is 5.49. The smallest absolute Gasteiger partial charge is 0.272 e. The second kappa shape index (κ2) is 9.70. The lowest BCUT2D eigenvalue weighted by atomic mass is 9.70. The van der Waals surface area contributed by atoms with E-state index in [9.17, 15) is 20.2 Å². The summed E-state index contributed by atoms with van der Waals surface area (Å²) < 4.78 is 6.33. The molecule has 4 rings (SSSR count). The zero-order valence-corrected chi connectivity index (χ0v) is 17.5. The van der Waals surface area contributed by atoms with Gasteiger partial charge in [0, 0.05) is 35.1 Å². The van der Waals surface area contributed by atoms with Crippen LogP contribution in [-0.2, 0) is 11.3 Å². The van der Waals surface area contributed by atoms with Crippen LogP contribution >= 0.6 is 0 Å². The first-order valence-electron chi connectivity index (χ1n) is 10.7. The maximum Gasteiger partial charge on any atom is 0.272 e. The molecule has 3 unspecified atom stereocenters. The summed E-state index contributed by atoms with van der Waals surface area (Å²) in [6, 6.07) is 23.1. The Morgan fingerprint density at radius 1 is 0.750 bits per heavy atom. The molecule has 7 nitrogen and oxygen atoms in total. The van der Waals surface area contributed by atoms with Crippen LogP contribution in [0, 0.1) is 20.2 Å². The molecule has 164 valence electrons. The molecule has 0 aliphatic heterocycles. The topological polar surface area (TPSA) is 95.5 Å². The van der Waals surface area contributed by atoms with Crippen molar-refractivity contribution in [3.8, 4) is 0 Å². The quantitative estimate of drug-likeness (QED) is 0.330. The number of nitro benzene ring substituents is 2. The van der Waals surface area contributed by atoms with E-state index in [2.05, 4.69) is 0 Å². The number of para-hydroxylation sites is 2. The van der Waals surface area contributed by atoms with Crippen molar-refractivity contribution in [3.05, 3.63) is 116 Å². The van der Waals surface area contributed by atoms with Crippen LogP contribution in [-0.4, -0.2) is 16.0 Å². The summed E-state index contributed by atoms with van der Waals surface area (Å²) in [5.41, 5.74) is 2.26. The normalized spacial score (nSPS) is 20.6. The molecule has 0 radical (unpaired) electrons. The van der Waals surface area contributed by atoms with E-state index in [1.807, 2.05) is 30.3 Å². The largest absolute Gasteiger partial charge is 0.373 e. The van der Waals surface area contributed by atoms with Gasteiger partial charge < -0.3 is 4.74 Å². The number of ether oxygens (including phenoxy) is 1. The molecule has 3 atom stereocenters. The van der Waals surface area contributed by atoms with E-state index in [1.54, 1.807) is 36.4 Å². The molecule has 32 heavy (non-hydrogen) atoms. The van der Waals surface area contributed by atoms with Crippen molar-refractivity contribution in [1.82, 2.24) is 0 Å². The molecular formula is C25H24N2O5. The van der Waals surface area contributed by atoms with E-state index in [0.717, 1.165) is 18.4 Å². The van der Waals surface area contributed by atoms with Gasteiger partial charge in [-0.25, -0.2) is 0 Å². The molecule has 1 fully saturated rings. The molecule has 0 bridgehead atoms. The van der Waals surface area contributed by atoms with Crippen molar-refractivity contribution >= 4 is 11.4 Å². The van der Waals surface area contributed by atoms with Gasteiger partial charge >= 0.3 is 0 Å². The number of benzene rings is 3. The summed E-state index contributed by atoms with van der Waals surface area (Å²) in [6.45, 7) is 0.381. The first-order valence-corrected chi connectivity index (χ1v) is 10.7. The maximum atomic E-state index is 11.8. The highest BCUT2D eigenvalue weighted by atomic mass is 16.6. The van der Waals surface area contributed by atoms with Crippen molar-refractivity contribution in [2.24, 2.45) is 0 Å². The highest BCUT2D eigenvalue weighted by Crippen LogP contribution is 2.49. The Morgan fingerprint density at radius 3 is 1.97 bits per heavy atom. The average molecular weight is 432 g/mol. The van der Waals surface area contributed by atoms with E-state index in [1.165, 1.54) is 12.1 Å². The fourth-order valence-corrected chi connectivity index (χ4v) is 4.79. The van der Waals surface area contributed by atoms with Crippen molar-refractivity contribution in [3.63, 3.8) is 0 Å². The Bertz CT molecular complexity index is 1100. The summed E-state index contributed by atoms with van der Waals surface area (Å²) in [5, 5.41) is 23.6. The molecule has 3 aromatic rings. The van der Waals surface area contributed by atoms with Gasteiger partial charge in [0.15, 0.2) is 0 Å². The van der Waals surface area contributed by atoms with Gasteiger partial charge in [-0.15, -0.1) is 0 Å². The summed E-state index contributed by atoms with van der Waals surface area (Å²) >= 11 is 0. The minimum Gasteiger partial charge on any atom is -0.373 e. The fourth-order valence-electron chi connectivity index (χ4n) is 4.79. The van der Waals surface area contributed by atoms with Crippen LogP contribution in [0.4, 0.5) is 11.4 Å². The van der Waals surface area contributed by atoms with Crippen molar-refractivity contribution in [2.45, 2.75) is 43.8 Å². The third kappa shape index (κ3) is 4.53. The summed E-state index contributed by atoms with van der Waals surface area (Å²) in [6.07, 6.45) is 1.97. The molecule has 3 aromatic carbocycles. The highest BCUT2D eigenvalue weighted by Gasteiger charge is 2.41. The monoisotopic (exact) mass is 432 g/mol. The number of nitrogens with zero attached hydrogens (tertiary/aromatic N) is 2. The van der Waals surface area contributed by atoms with Gasteiger partial charge in [0.1, 0.15) is 0 Å². The SMILES string of the molecule is O=[N+]([O-])c1ccccc1C1CCCC(OCc2ccccc2)C1c1ccccc1[N+](=O)[O-]. The van der Waals surface area contributed by atoms with Crippen molar-refractivity contribution < 1.29 is 14.6 Å². The Morgan fingerprint density at radius 2 is 1.31 bits per heavy atom. The number of nitro groups is 2. The van der Waals surface area contributed by atoms with Crippen molar-refractivity contribution in [1.29, 1.82) is 0 Å². The number of hydrogen-bond donors (Lipinski definition) is 0. The van der Waals surface area contributed by atoms with E-state index >= 15 is 0 Å². The Balaban J connectivity index is 1.77. The molecule has 0 heterocycles. The molecule has 7 heteroatoms. The lowest BCUT2D eigenvalue weighted by molar-refractivity contribution is -0.386. The van der Waals surface area contributed by atoms with Crippen LogP contribution in [0.25, 0.3) is 0 Å². The predicted octanol–water partition coefficient (Wildman–Crippen LogP) is 6.14. The molecule has 1 saturated carbocycles. The van der Waals surface area contributed by atoms with Crippen LogP contribution < -0.4 is 0 Å². The van der Waals surface area contributed by atoms with Crippen LogP contribution in [0.15, 0.2) is 78.9 Å². The second-order valence-corrected chi connectivity index (χ2v) is 8.03. The second-order valence-electron chi connectivity index (χ2n) is 8.03. The lowest BCUT2D eigenvalue weighted by Crippen LogP contribution is -2.32. The first-order chi connectivity index (χ1) is 15.6. The maximum absolute atomic E-state index is 11.8. The van der Waals surface area contributed by atoms with Gasteiger partial charge in [-0.2, -0.15) is 0 Å². The van der Waals surface area contributed by atoms with Crippen LogP contribution in [0.1, 0.15) is 47.8 Å². The van der Waals surface area contributed by atoms with Crippen LogP contribution in [0.3, 0.4) is 0 Å². The summed E-state index contributed by atoms with van der Waals surface area (Å²) in [4.78, 5) is 22.8. The zero-order chi connectivity index (χ0) is 22.5. The van der Waals surface area contributed by atoms with E-state index in [0.29, 0.717) is 24.2 Å². The van der Waals surface area contributed by atoms with E-state index < -0.39 is 0 Å². The molecule has 0 N–H and O–H groups in total. The standard InChI is InChI=1S/C25H24N2O5/c28-26(29)22-14-6-4-11-19(22)20-13-8-16-24(32-17-18-9-2-1-3-10-18)25(20)21-12-5-7-15-23(21)27(30)31/h1-7,9-12,14-15,20,24-25H,8,13,16-17H2. The lowest BCUT2D eigenvalue weighted by Gasteiger charge is -2.38. The molecule has 0 amide bonds. The van der Waals surface area contributed by atoms with Gasteiger partial charge in [0.2, 0.25) is 0 Å². The van der Waals surface area contributed by atoms with Crippen molar-refractivity contribution in [2.75, 3.05) is 0 Å². The molecule has 0 spiro atoms. The minimum atomic E-state index is -0.380. The Kier molecular flexibility index (Phi) is 6.56. The Labute approximate surface area is 186 Å². The van der Waals surface area contributed by atoms with E-state index in [-0.39, 0.29) is 39.2 Å². The molecule has 1 aliphatic carbocycles. The first kappa shape index (κ1) is 21.6. The van der Waals surface area contributed by atoms with Crippen LogP contribution in [0.5, 0.6) is 0 Å². The summed E-state index contributed by atoms with van der Waals surface area (Å²) in [7, 11) is 0. The Hall–Kier alpha value is -3.58. The third-order valence-corrected chi connectivity index (χ3v) is 6.17. The van der Waals surface area contributed by atoms with E-state index in [4.69, 9.17) is 4.74 Å². The number of hydrogen-bond acceptors (Lipinski definition) is 5. The number of rotatable bonds is 7. The van der Waals surface area contributed by atoms with Gasteiger partial charge in [-0.05, 0) is 18.4 Å². The van der Waals surface area contributed by atoms with Crippen LogP contribution in [0.2, 0.25) is 0 Å². The molecule has 0 saturated heterocycles. The van der Waals surface area contributed by atoms with Gasteiger partial charge in [0.05, 0.1) is 22.6 Å². The third-order valence-electron chi connectivity index (χ3n) is 6.17. The van der Waals surface area contributed by atoms with Gasteiger partial charge in [-0.3, -0.25) is 20.2 Å². The fraction of sp³-hybridized carbons (Fsp3) is 0.280. The van der Waals surface area contributed by atoms with Gasteiger partial charge in [0.25, 0.3) is 11.4 Å². The molecule has 0 aromatic heterocycles. The summed E-state index contributed by atoms with van der Waals surface area (Å²) in [5.74, 6) is -0.623. The zero-order valence-electron chi connectivity index (χ0n) is 17.5. The molecular weight excluding hydrogens is 408 g/mol. The predicted molar refractivity (Wildman–Crippen MR) is 121 cm³/mol.